The SMILES string of the molecule is CC(=Cc1ccc(C)c(F)c1)CNC(C)(C)C. The third-order valence-electron chi connectivity index (χ3n) is 2.51. The molecule has 0 amide bonds. The van der Waals surface area contributed by atoms with E-state index in [-0.39, 0.29) is 11.4 Å². The highest BCUT2D eigenvalue weighted by atomic mass is 19.1. The fourth-order valence-electron chi connectivity index (χ4n) is 1.44. The van der Waals surface area contributed by atoms with Gasteiger partial charge in [-0.15, -0.1) is 0 Å². The molecule has 1 aromatic carbocycles. The molecule has 0 unspecified atom stereocenters. The van der Waals surface area contributed by atoms with Gasteiger partial charge in [0.2, 0.25) is 0 Å². The van der Waals surface area contributed by atoms with Gasteiger partial charge in [-0.1, -0.05) is 23.8 Å². The predicted molar refractivity (Wildman–Crippen MR) is 72.5 cm³/mol. The molecule has 0 saturated carbocycles. The van der Waals surface area contributed by atoms with E-state index in [1.54, 1.807) is 13.0 Å². The van der Waals surface area contributed by atoms with Crippen LogP contribution < -0.4 is 5.32 Å². The minimum atomic E-state index is -0.143. The van der Waals surface area contributed by atoms with Gasteiger partial charge in [0.15, 0.2) is 0 Å². The maximum Gasteiger partial charge on any atom is 0.126 e. The van der Waals surface area contributed by atoms with Gasteiger partial charge in [0.05, 0.1) is 0 Å². The summed E-state index contributed by atoms with van der Waals surface area (Å²) in [6.07, 6.45) is 2.02. The summed E-state index contributed by atoms with van der Waals surface area (Å²) in [4.78, 5) is 0. The van der Waals surface area contributed by atoms with Crippen LogP contribution in [0.1, 0.15) is 38.8 Å². The molecule has 0 bridgehead atoms. The van der Waals surface area contributed by atoms with Gasteiger partial charge in [-0.3, -0.25) is 0 Å². The van der Waals surface area contributed by atoms with Crippen molar-refractivity contribution in [2.45, 2.75) is 40.2 Å². The van der Waals surface area contributed by atoms with Crippen LogP contribution in [0.5, 0.6) is 0 Å². The van der Waals surface area contributed by atoms with E-state index in [2.05, 4.69) is 33.0 Å². The average molecular weight is 235 g/mol. The van der Waals surface area contributed by atoms with E-state index in [4.69, 9.17) is 0 Å². The number of halogens is 1. The van der Waals surface area contributed by atoms with Crippen molar-refractivity contribution in [1.29, 1.82) is 0 Å². The van der Waals surface area contributed by atoms with Gasteiger partial charge in [0.25, 0.3) is 0 Å². The molecule has 0 aliphatic carbocycles. The van der Waals surface area contributed by atoms with Gasteiger partial charge in [-0.25, -0.2) is 4.39 Å². The molecule has 1 nitrogen and oxygen atoms in total. The minimum Gasteiger partial charge on any atom is -0.308 e. The van der Waals surface area contributed by atoms with Crippen molar-refractivity contribution in [1.82, 2.24) is 5.32 Å². The van der Waals surface area contributed by atoms with Crippen molar-refractivity contribution in [2.75, 3.05) is 6.54 Å². The molecule has 0 saturated heterocycles. The fraction of sp³-hybridized carbons (Fsp3) is 0.467. The van der Waals surface area contributed by atoms with Gasteiger partial charge in [0, 0.05) is 12.1 Å². The Kier molecular flexibility index (Phi) is 4.47. The van der Waals surface area contributed by atoms with E-state index in [9.17, 15) is 4.39 Å². The fourth-order valence-corrected chi connectivity index (χ4v) is 1.44. The molecule has 2 heteroatoms. The van der Waals surface area contributed by atoms with Crippen molar-refractivity contribution < 1.29 is 4.39 Å². The van der Waals surface area contributed by atoms with E-state index >= 15 is 0 Å². The molecule has 1 aromatic rings. The Morgan fingerprint density at radius 2 is 2.00 bits per heavy atom. The van der Waals surface area contributed by atoms with Crippen molar-refractivity contribution in [3.63, 3.8) is 0 Å². The summed E-state index contributed by atoms with van der Waals surface area (Å²) in [5, 5.41) is 3.41. The summed E-state index contributed by atoms with van der Waals surface area (Å²) in [6.45, 7) is 11.0. The lowest BCUT2D eigenvalue weighted by Crippen LogP contribution is -2.36. The molecular formula is C15H22FN. The van der Waals surface area contributed by atoms with Crippen molar-refractivity contribution in [3.05, 3.63) is 40.7 Å². The molecule has 0 aromatic heterocycles. The molecule has 0 heterocycles. The molecular weight excluding hydrogens is 213 g/mol. The van der Waals surface area contributed by atoms with Crippen LogP contribution in [0.4, 0.5) is 4.39 Å². The van der Waals surface area contributed by atoms with Gasteiger partial charge in [0.1, 0.15) is 5.82 Å². The Hall–Kier alpha value is -1.15. The van der Waals surface area contributed by atoms with E-state index in [0.29, 0.717) is 5.56 Å². The molecule has 17 heavy (non-hydrogen) atoms. The largest absolute Gasteiger partial charge is 0.308 e. The second kappa shape index (κ2) is 5.46. The van der Waals surface area contributed by atoms with Crippen molar-refractivity contribution in [2.24, 2.45) is 0 Å². The lowest BCUT2D eigenvalue weighted by atomic mass is 10.1. The van der Waals surface area contributed by atoms with Crippen molar-refractivity contribution in [3.8, 4) is 0 Å². The highest BCUT2D eigenvalue weighted by Crippen LogP contribution is 2.12. The zero-order chi connectivity index (χ0) is 13.1. The van der Waals surface area contributed by atoms with Crippen LogP contribution in [0.15, 0.2) is 23.8 Å². The first-order valence-electron chi connectivity index (χ1n) is 5.96. The standard InChI is InChI=1S/C15H22FN/c1-11(10-17-15(3,4)5)8-13-7-6-12(2)14(16)9-13/h6-9,17H,10H2,1-5H3. The van der Waals surface area contributed by atoms with E-state index in [1.807, 2.05) is 18.2 Å². The summed E-state index contributed by atoms with van der Waals surface area (Å²) in [6, 6.07) is 5.33. The Labute approximate surface area is 104 Å². The van der Waals surface area contributed by atoms with Crippen LogP contribution in [0.2, 0.25) is 0 Å². The molecule has 1 N–H and O–H groups in total. The summed E-state index contributed by atoms with van der Waals surface area (Å²) < 4.78 is 13.4. The molecule has 0 spiro atoms. The maximum atomic E-state index is 13.4. The lowest BCUT2D eigenvalue weighted by molar-refractivity contribution is 0.445. The quantitative estimate of drug-likeness (QED) is 0.837. The van der Waals surface area contributed by atoms with Gasteiger partial charge < -0.3 is 5.32 Å². The second-order valence-corrected chi connectivity index (χ2v) is 5.60. The monoisotopic (exact) mass is 235 g/mol. The molecule has 1 rings (SSSR count). The van der Waals surface area contributed by atoms with Crippen LogP contribution in [0.25, 0.3) is 6.08 Å². The normalized spacial score (nSPS) is 12.9. The van der Waals surface area contributed by atoms with Crippen LogP contribution in [-0.4, -0.2) is 12.1 Å². The van der Waals surface area contributed by atoms with Gasteiger partial charge >= 0.3 is 0 Å². The zero-order valence-electron chi connectivity index (χ0n) is 11.4. The zero-order valence-corrected chi connectivity index (χ0v) is 11.4. The van der Waals surface area contributed by atoms with E-state index in [1.165, 1.54) is 5.57 Å². The number of nitrogens with one attached hydrogen (secondary N) is 1. The predicted octanol–water partition coefficient (Wildman–Crippen LogP) is 3.93. The number of aryl methyl sites for hydroxylation is 1. The van der Waals surface area contributed by atoms with Gasteiger partial charge in [-0.2, -0.15) is 0 Å². The number of rotatable bonds is 3. The maximum absolute atomic E-state index is 13.4. The van der Waals surface area contributed by atoms with Crippen molar-refractivity contribution >= 4 is 6.08 Å². The Bertz CT molecular complexity index is 413. The second-order valence-electron chi connectivity index (χ2n) is 5.60. The molecule has 0 fully saturated rings. The lowest BCUT2D eigenvalue weighted by Gasteiger charge is -2.20. The van der Waals surface area contributed by atoms with E-state index < -0.39 is 0 Å². The Balaban J connectivity index is 2.71. The number of hydrogen-bond acceptors (Lipinski definition) is 1. The molecule has 0 aliphatic heterocycles. The molecule has 94 valence electrons. The molecule has 0 atom stereocenters. The van der Waals surface area contributed by atoms with E-state index in [0.717, 1.165) is 12.1 Å². The first-order valence-corrected chi connectivity index (χ1v) is 5.96. The third-order valence-corrected chi connectivity index (χ3v) is 2.51. The smallest absolute Gasteiger partial charge is 0.126 e. The van der Waals surface area contributed by atoms with Crippen LogP contribution in [-0.2, 0) is 0 Å². The number of hydrogen-bond donors (Lipinski definition) is 1. The van der Waals surface area contributed by atoms with Crippen LogP contribution in [0, 0.1) is 12.7 Å². The molecule has 0 aliphatic rings. The summed E-state index contributed by atoms with van der Waals surface area (Å²) in [7, 11) is 0. The average Bonchev–Trinajstić information content (AvgIpc) is 2.20. The summed E-state index contributed by atoms with van der Waals surface area (Å²) >= 11 is 0. The highest BCUT2D eigenvalue weighted by molar-refractivity contribution is 5.53. The first-order chi connectivity index (χ1) is 7.78. The minimum absolute atomic E-state index is 0.105. The highest BCUT2D eigenvalue weighted by Gasteiger charge is 2.07. The van der Waals surface area contributed by atoms with Crippen LogP contribution >= 0.6 is 0 Å². The topological polar surface area (TPSA) is 12.0 Å². The Morgan fingerprint density at radius 1 is 1.35 bits per heavy atom. The third kappa shape index (κ3) is 5.14. The van der Waals surface area contributed by atoms with Crippen LogP contribution in [0.3, 0.4) is 0 Å². The summed E-state index contributed by atoms with van der Waals surface area (Å²) in [5.41, 5.74) is 2.91. The number of benzene rings is 1. The summed E-state index contributed by atoms with van der Waals surface area (Å²) in [5.74, 6) is -0.143. The molecule has 0 radical (unpaired) electrons. The van der Waals surface area contributed by atoms with Gasteiger partial charge in [-0.05, 0) is 51.8 Å². The Morgan fingerprint density at radius 3 is 2.53 bits per heavy atom. The first kappa shape index (κ1) is 13.9.